The van der Waals surface area contributed by atoms with Gasteiger partial charge in [0.15, 0.2) is 0 Å². The molecule has 2 aromatic rings. The predicted octanol–water partition coefficient (Wildman–Crippen LogP) is 1.36. The molecule has 8 nitrogen and oxygen atoms in total. The van der Waals surface area contributed by atoms with Gasteiger partial charge in [-0.25, -0.2) is 0 Å². The SMILES string of the molecule is CC1CC(C)(C)C(CNC(=O)c2cnn(C)c2)C1NC(=O)c1cnn(C)c1. The smallest absolute Gasteiger partial charge is 0.254 e. The van der Waals surface area contributed by atoms with Crippen molar-refractivity contribution >= 4 is 11.8 Å². The van der Waals surface area contributed by atoms with E-state index in [1.165, 1.54) is 0 Å². The summed E-state index contributed by atoms with van der Waals surface area (Å²) < 4.78 is 3.22. The molecule has 1 aliphatic rings. The Morgan fingerprint density at radius 1 is 1.11 bits per heavy atom. The summed E-state index contributed by atoms with van der Waals surface area (Å²) in [5, 5.41) is 14.3. The number of nitrogens with one attached hydrogen (secondary N) is 2. The molecule has 2 amide bonds. The molecule has 3 rings (SSSR count). The average molecular weight is 372 g/mol. The van der Waals surface area contributed by atoms with Gasteiger partial charge in [0.2, 0.25) is 0 Å². The molecule has 8 heteroatoms. The van der Waals surface area contributed by atoms with Gasteiger partial charge in [0.1, 0.15) is 0 Å². The van der Waals surface area contributed by atoms with Crippen LogP contribution in [0.1, 0.15) is 47.9 Å². The van der Waals surface area contributed by atoms with Crippen LogP contribution in [-0.4, -0.2) is 44.0 Å². The molecule has 0 radical (unpaired) electrons. The molecule has 2 heterocycles. The topological polar surface area (TPSA) is 93.8 Å². The van der Waals surface area contributed by atoms with E-state index in [1.807, 2.05) is 0 Å². The molecule has 146 valence electrons. The minimum atomic E-state index is -0.143. The number of hydrogen-bond donors (Lipinski definition) is 2. The molecule has 0 saturated heterocycles. The fourth-order valence-electron chi connectivity index (χ4n) is 4.25. The van der Waals surface area contributed by atoms with Crippen LogP contribution in [0.3, 0.4) is 0 Å². The summed E-state index contributed by atoms with van der Waals surface area (Å²) in [4.78, 5) is 25.0. The van der Waals surface area contributed by atoms with Crippen LogP contribution in [0.25, 0.3) is 0 Å². The van der Waals surface area contributed by atoms with Crippen LogP contribution >= 0.6 is 0 Å². The van der Waals surface area contributed by atoms with Gasteiger partial charge < -0.3 is 10.6 Å². The minimum absolute atomic E-state index is 0.00845. The normalized spacial score (nSPS) is 24.0. The zero-order valence-electron chi connectivity index (χ0n) is 16.6. The molecule has 3 atom stereocenters. The van der Waals surface area contributed by atoms with E-state index in [1.54, 1.807) is 48.2 Å². The quantitative estimate of drug-likeness (QED) is 0.829. The zero-order chi connectivity index (χ0) is 19.8. The Bertz CT molecular complexity index is 837. The van der Waals surface area contributed by atoms with E-state index in [4.69, 9.17) is 0 Å². The van der Waals surface area contributed by atoms with Crippen molar-refractivity contribution in [2.75, 3.05) is 6.54 Å². The summed E-state index contributed by atoms with van der Waals surface area (Å²) >= 11 is 0. The van der Waals surface area contributed by atoms with Crippen molar-refractivity contribution in [3.8, 4) is 0 Å². The highest BCUT2D eigenvalue weighted by molar-refractivity contribution is 5.94. The first-order valence-electron chi connectivity index (χ1n) is 9.24. The molecule has 27 heavy (non-hydrogen) atoms. The number of rotatable bonds is 5. The predicted molar refractivity (Wildman–Crippen MR) is 101 cm³/mol. The van der Waals surface area contributed by atoms with E-state index in [9.17, 15) is 9.59 Å². The Labute approximate surface area is 159 Å². The van der Waals surface area contributed by atoms with Crippen LogP contribution < -0.4 is 10.6 Å². The van der Waals surface area contributed by atoms with Gasteiger partial charge in [-0.3, -0.25) is 19.0 Å². The summed E-state index contributed by atoms with van der Waals surface area (Å²) in [5.41, 5.74) is 1.10. The number of aromatic nitrogens is 4. The summed E-state index contributed by atoms with van der Waals surface area (Å²) in [7, 11) is 3.57. The molecule has 0 bridgehead atoms. The second kappa shape index (κ2) is 7.17. The largest absolute Gasteiger partial charge is 0.352 e. The fourth-order valence-corrected chi connectivity index (χ4v) is 4.25. The van der Waals surface area contributed by atoms with Crippen molar-refractivity contribution in [3.63, 3.8) is 0 Å². The van der Waals surface area contributed by atoms with Crippen LogP contribution in [0.5, 0.6) is 0 Å². The molecule has 0 aliphatic heterocycles. The number of carbonyl (C=O) groups is 2. The van der Waals surface area contributed by atoms with E-state index in [0.717, 1.165) is 6.42 Å². The third-order valence-corrected chi connectivity index (χ3v) is 5.61. The van der Waals surface area contributed by atoms with E-state index >= 15 is 0 Å². The first kappa shape index (κ1) is 19.1. The van der Waals surface area contributed by atoms with Crippen molar-refractivity contribution in [2.45, 2.75) is 33.2 Å². The van der Waals surface area contributed by atoms with Crippen LogP contribution in [0, 0.1) is 17.3 Å². The second-order valence-electron chi connectivity index (χ2n) is 8.29. The summed E-state index contributed by atoms with van der Waals surface area (Å²) in [6.07, 6.45) is 7.51. The van der Waals surface area contributed by atoms with E-state index in [0.29, 0.717) is 23.6 Å². The Morgan fingerprint density at radius 3 is 2.19 bits per heavy atom. The lowest BCUT2D eigenvalue weighted by Gasteiger charge is -2.31. The highest BCUT2D eigenvalue weighted by atomic mass is 16.2. The van der Waals surface area contributed by atoms with Crippen molar-refractivity contribution in [1.29, 1.82) is 0 Å². The maximum atomic E-state index is 12.6. The van der Waals surface area contributed by atoms with Gasteiger partial charge in [-0.15, -0.1) is 0 Å². The summed E-state index contributed by atoms with van der Waals surface area (Å²) in [6, 6.07) is -0.0121. The van der Waals surface area contributed by atoms with Gasteiger partial charge in [0.25, 0.3) is 11.8 Å². The first-order chi connectivity index (χ1) is 12.7. The molecule has 2 N–H and O–H groups in total. The second-order valence-corrected chi connectivity index (χ2v) is 8.29. The van der Waals surface area contributed by atoms with E-state index in [-0.39, 0.29) is 29.2 Å². The molecule has 2 aromatic heterocycles. The van der Waals surface area contributed by atoms with Crippen LogP contribution in [0.15, 0.2) is 24.8 Å². The highest BCUT2D eigenvalue weighted by Gasteiger charge is 2.46. The molecular weight excluding hydrogens is 344 g/mol. The standard InChI is InChI=1S/C19H28N6O2/c1-12-6-19(2,3)15(9-20-17(26)13-7-21-24(4)10-13)16(12)23-18(27)14-8-22-25(5)11-14/h7-8,10-12,15-16H,6,9H2,1-5H3,(H,20,26)(H,23,27). The lowest BCUT2D eigenvalue weighted by atomic mass is 9.80. The van der Waals surface area contributed by atoms with Crippen LogP contribution in [-0.2, 0) is 14.1 Å². The van der Waals surface area contributed by atoms with Gasteiger partial charge in [-0.2, -0.15) is 10.2 Å². The minimum Gasteiger partial charge on any atom is -0.352 e. The summed E-state index contributed by atoms with van der Waals surface area (Å²) in [6.45, 7) is 7.04. The van der Waals surface area contributed by atoms with Gasteiger partial charge in [0.05, 0.1) is 23.5 Å². The van der Waals surface area contributed by atoms with Gasteiger partial charge in [-0.05, 0) is 17.8 Å². The molecule has 1 fully saturated rings. The maximum Gasteiger partial charge on any atom is 0.254 e. The fraction of sp³-hybridized carbons (Fsp3) is 0.579. The average Bonchev–Trinajstić information content (AvgIpc) is 3.25. The molecule has 3 unspecified atom stereocenters. The number of hydrogen-bond acceptors (Lipinski definition) is 4. The van der Waals surface area contributed by atoms with Crippen molar-refractivity contribution < 1.29 is 9.59 Å². The number of aryl methyl sites for hydroxylation is 2. The molecule has 1 aliphatic carbocycles. The lowest BCUT2D eigenvalue weighted by Crippen LogP contribution is -2.47. The Kier molecular flexibility index (Phi) is 5.08. The Balaban J connectivity index is 1.69. The molecule has 0 spiro atoms. The van der Waals surface area contributed by atoms with Gasteiger partial charge in [0, 0.05) is 45.0 Å². The number of nitrogens with zero attached hydrogens (tertiary/aromatic N) is 4. The van der Waals surface area contributed by atoms with Gasteiger partial charge >= 0.3 is 0 Å². The summed E-state index contributed by atoms with van der Waals surface area (Å²) in [5.74, 6) is 0.187. The number of amides is 2. The third kappa shape index (κ3) is 4.04. The lowest BCUT2D eigenvalue weighted by molar-refractivity contribution is 0.0894. The van der Waals surface area contributed by atoms with Crippen LogP contribution in [0.4, 0.5) is 0 Å². The van der Waals surface area contributed by atoms with Crippen LogP contribution in [0.2, 0.25) is 0 Å². The molecule has 0 aromatic carbocycles. The third-order valence-electron chi connectivity index (χ3n) is 5.61. The molecule has 1 saturated carbocycles. The first-order valence-corrected chi connectivity index (χ1v) is 9.24. The monoisotopic (exact) mass is 372 g/mol. The van der Waals surface area contributed by atoms with Crippen molar-refractivity contribution in [2.24, 2.45) is 31.3 Å². The Hall–Kier alpha value is -2.64. The van der Waals surface area contributed by atoms with Gasteiger partial charge in [-0.1, -0.05) is 20.8 Å². The van der Waals surface area contributed by atoms with E-state index < -0.39 is 0 Å². The Morgan fingerprint density at radius 2 is 1.67 bits per heavy atom. The molecular formula is C19H28N6O2. The number of carbonyl (C=O) groups excluding carboxylic acids is 2. The zero-order valence-corrected chi connectivity index (χ0v) is 16.6. The van der Waals surface area contributed by atoms with E-state index in [2.05, 4.69) is 41.6 Å². The maximum absolute atomic E-state index is 12.6. The van der Waals surface area contributed by atoms with Crippen molar-refractivity contribution in [1.82, 2.24) is 30.2 Å². The highest BCUT2D eigenvalue weighted by Crippen LogP contribution is 2.45. The van der Waals surface area contributed by atoms with Crippen molar-refractivity contribution in [3.05, 3.63) is 35.9 Å².